The number of benzene rings is 1. The number of rotatable bonds is 5. The zero-order valence-electron chi connectivity index (χ0n) is 14.0. The summed E-state index contributed by atoms with van der Waals surface area (Å²) in [7, 11) is 0. The highest BCUT2D eigenvalue weighted by Gasteiger charge is 2.37. The normalized spacial score (nSPS) is 25.7. The van der Waals surface area contributed by atoms with Crippen LogP contribution >= 0.6 is 0 Å². The zero-order valence-corrected chi connectivity index (χ0v) is 14.0. The molecule has 2 aliphatic rings. The van der Waals surface area contributed by atoms with Crippen LogP contribution in [-0.4, -0.2) is 42.8 Å². The Morgan fingerprint density at radius 1 is 1.40 bits per heavy atom. The number of ether oxygens (including phenoxy) is 1. The fraction of sp³-hybridized carbons (Fsp3) is 0.556. The number of anilines is 1. The molecule has 1 amide bonds. The fourth-order valence-electron chi connectivity index (χ4n) is 3.66. The van der Waals surface area contributed by atoms with Crippen molar-refractivity contribution in [1.82, 2.24) is 0 Å². The van der Waals surface area contributed by atoms with Crippen molar-refractivity contribution in [2.45, 2.75) is 31.8 Å². The molecule has 2 aliphatic heterocycles. The molecule has 1 aromatic carbocycles. The van der Waals surface area contributed by atoms with E-state index >= 15 is 0 Å². The van der Waals surface area contributed by atoms with Gasteiger partial charge in [0.2, 0.25) is 5.91 Å². The summed E-state index contributed by atoms with van der Waals surface area (Å²) in [5.74, 6) is -1.43. The number of carboxylic acid groups (broad SMARTS) is 1. The monoisotopic (exact) mass is 350 g/mol. The van der Waals surface area contributed by atoms with Gasteiger partial charge in [-0.15, -0.1) is 0 Å². The van der Waals surface area contributed by atoms with Crippen LogP contribution in [0.5, 0.6) is 0 Å². The van der Waals surface area contributed by atoms with Crippen molar-refractivity contribution < 1.29 is 23.8 Å². The first-order valence-electron chi connectivity index (χ1n) is 8.61. The molecule has 1 saturated heterocycles. The number of carbonyl (C=O) groups excluding carboxylic acids is 1. The average Bonchev–Trinajstić information content (AvgIpc) is 3.07. The minimum Gasteiger partial charge on any atom is -0.481 e. The zero-order chi connectivity index (χ0) is 18.0. The van der Waals surface area contributed by atoms with Gasteiger partial charge in [0.25, 0.3) is 0 Å². The summed E-state index contributed by atoms with van der Waals surface area (Å²) in [6, 6.07) is 4.48. The molecule has 1 aromatic rings. The van der Waals surface area contributed by atoms with E-state index in [9.17, 15) is 14.0 Å². The summed E-state index contributed by atoms with van der Waals surface area (Å²) in [6.07, 6.45) is 1.43. The van der Waals surface area contributed by atoms with Gasteiger partial charge in [0, 0.05) is 18.7 Å². The summed E-state index contributed by atoms with van der Waals surface area (Å²) >= 11 is 0. The smallest absolute Gasteiger partial charge is 0.303 e. The second kappa shape index (κ2) is 7.49. The molecule has 25 heavy (non-hydrogen) atoms. The van der Waals surface area contributed by atoms with Gasteiger partial charge in [-0.2, -0.15) is 0 Å². The molecule has 0 spiro atoms. The molecule has 0 aromatic heterocycles. The van der Waals surface area contributed by atoms with Crippen LogP contribution < -0.4 is 10.6 Å². The van der Waals surface area contributed by atoms with Crippen molar-refractivity contribution in [3.63, 3.8) is 0 Å². The first-order valence-corrected chi connectivity index (χ1v) is 8.61. The number of carbonyl (C=O) groups is 2. The van der Waals surface area contributed by atoms with E-state index in [0.717, 1.165) is 11.3 Å². The van der Waals surface area contributed by atoms with Gasteiger partial charge in [0.05, 0.1) is 18.6 Å². The van der Waals surface area contributed by atoms with Crippen molar-refractivity contribution in [2.24, 2.45) is 17.6 Å². The summed E-state index contributed by atoms with van der Waals surface area (Å²) in [4.78, 5) is 25.4. The summed E-state index contributed by atoms with van der Waals surface area (Å²) in [6.45, 7) is 1.25. The maximum absolute atomic E-state index is 13.6. The maximum Gasteiger partial charge on any atom is 0.303 e. The largest absolute Gasteiger partial charge is 0.481 e. The molecule has 0 aliphatic carbocycles. The molecule has 3 N–H and O–H groups in total. The van der Waals surface area contributed by atoms with Crippen LogP contribution in [0.1, 0.15) is 24.8 Å². The Morgan fingerprint density at radius 3 is 2.92 bits per heavy atom. The van der Waals surface area contributed by atoms with Crippen LogP contribution in [0.25, 0.3) is 0 Å². The SMILES string of the molecule is NCC1Cc2cc(F)ccc2N(C(=O)C2COC(CCC(=O)O)C2)C1. The van der Waals surface area contributed by atoms with Crippen LogP contribution in [0.15, 0.2) is 18.2 Å². The standard InChI is InChI=1S/C18H23FN2O4/c19-14-1-3-16-12(6-14)5-11(8-20)9-21(16)18(24)13-7-15(25-10-13)2-4-17(22)23/h1,3,6,11,13,15H,2,4-5,7-10,20H2,(H,22,23). The fourth-order valence-corrected chi connectivity index (χ4v) is 3.66. The van der Waals surface area contributed by atoms with Gasteiger partial charge < -0.3 is 20.5 Å². The third-order valence-corrected chi connectivity index (χ3v) is 4.99. The highest BCUT2D eigenvalue weighted by Crippen LogP contribution is 2.33. The van der Waals surface area contributed by atoms with E-state index < -0.39 is 5.97 Å². The molecule has 2 heterocycles. The Kier molecular flexibility index (Phi) is 5.34. The highest BCUT2D eigenvalue weighted by molar-refractivity contribution is 5.96. The quantitative estimate of drug-likeness (QED) is 0.841. The van der Waals surface area contributed by atoms with Crippen molar-refractivity contribution in [3.8, 4) is 0 Å². The van der Waals surface area contributed by atoms with Gasteiger partial charge >= 0.3 is 5.97 Å². The number of fused-ring (bicyclic) bond motifs is 1. The number of nitrogens with two attached hydrogens (primary N) is 1. The number of aliphatic carboxylic acids is 1. The van der Waals surface area contributed by atoms with E-state index in [1.165, 1.54) is 12.1 Å². The van der Waals surface area contributed by atoms with Crippen LogP contribution in [0.4, 0.5) is 10.1 Å². The number of halogens is 1. The second-order valence-corrected chi connectivity index (χ2v) is 6.85. The number of carboxylic acids is 1. The first kappa shape index (κ1) is 17.8. The predicted octanol–water partition coefficient (Wildman–Crippen LogP) is 1.56. The molecule has 7 heteroatoms. The summed E-state index contributed by atoms with van der Waals surface area (Å²) < 4.78 is 19.1. The molecule has 3 unspecified atom stereocenters. The van der Waals surface area contributed by atoms with Gasteiger partial charge in [-0.05, 0) is 55.5 Å². The Hall–Kier alpha value is -1.99. The topological polar surface area (TPSA) is 92.9 Å². The molecular weight excluding hydrogens is 327 g/mol. The van der Waals surface area contributed by atoms with Crippen LogP contribution in [-0.2, 0) is 20.7 Å². The number of hydrogen-bond acceptors (Lipinski definition) is 4. The van der Waals surface area contributed by atoms with Crippen LogP contribution in [0, 0.1) is 17.7 Å². The van der Waals surface area contributed by atoms with E-state index in [0.29, 0.717) is 39.0 Å². The lowest BCUT2D eigenvalue weighted by Gasteiger charge is -2.35. The summed E-state index contributed by atoms with van der Waals surface area (Å²) in [5, 5.41) is 8.77. The van der Waals surface area contributed by atoms with Gasteiger partial charge in [-0.3, -0.25) is 9.59 Å². The minimum atomic E-state index is -0.865. The molecule has 3 atom stereocenters. The predicted molar refractivity (Wildman–Crippen MR) is 89.7 cm³/mol. The van der Waals surface area contributed by atoms with E-state index in [4.69, 9.17) is 15.6 Å². The second-order valence-electron chi connectivity index (χ2n) is 6.85. The lowest BCUT2D eigenvalue weighted by molar-refractivity contribution is -0.137. The molecular formula is C18H23FN2O4. The van der Waals surface area contributed by atoms with Crippen molar-refractivity contribution in [3.05, 3.63) is 29.6 Å². The Labute approximate surface area is 145 Å². The first-order chi connectivity index (χ1) is 12.0. The van der Waals surface area contributed by atoms with E-state index in [2.05, 4.69) is 0 Å². The van der Waals surface area contributed by atoms with Gasteiger partial charge in [-0.25, -0.2) is 4.39 Å². The van der Waals surface area contributed by atoms with Gasteiger partial charge in [-0.1, -0.05) is 0 Å². The average molecular weight is 350 g/mol. The maximum atomic E-state index is 13.6. The van der Waals surface area contributed by atoms with E-state index in [-0.39, 0.29) is 36.1 Å². The molecule has 1 fully saturated rings. The third-order valence-electron chi connectivity index (χ3n) is 4.99. The van der Waals surface area contributed by atoms with Gasteiger partial charge in [0.15, 0.2) is 0 Å². The Balaban J connectivity index is 1.73. The molecule has 0 saturated carbocycles. The molecule has 0 radical (unpaired) electrons. The molecule has 6 nitrogen and oxygen atoms in total. The number of hydrogen-bond donors (Lipinski definition) is 2. The molecule has 0 bridgehead atoms. The lowest BCUT2D eigenvalue weighted by atomic mass is 9.91. The van der Waals surface area contributed by atoms with Crippen molar-refractivity contribution >= 4 is 17.6 Å². The Morgan fingerprint density at radius 2 is 2.20 bits per heavy atom. The number of amides is 1. The van der Waals surface area contributed by atoms with Crippen molar-refractivity contribution in [2.75, 3.05) is 24.6 Å². The van der Waals surface area contributed by atoms with Crippen LogP contribution in [0.3, 0.4) is 0 Å². The lowest BCUT2D eigenvalue weighted by Crippen LogP contribution is -2.45. The number of nitrogens with zero attached hydrogens (tertiary/aromatic N) is 1. The Bertz CT molecular complexity index is 666. The molecule has 3 rings (SSSR count). The van der Waals surface area contributed by atoms with E-state index in [1.54, 1.807) is 11.0 Å². The third kappa shape index (κ3) is 3.99. The highest BCUT2D eigenvalue weighted by atomic mass is 19.1. The molecule has 136 valence electrons. The van der Waals surface area contributed by atoms with Crippen LogP contribution in [0.2, 0.25) is 0 Å². The van der Waals surface area contributed by atoms with Crippen molar-refractivity contribution in [1.29, 1.82) is 0 Å². The minimum absolute atomic E-state index is 0.0344. The summed E-state index contributed by atoms with van der Waals surface area (Å²) in [5.41, 5.74) is 7.34. The van der Waals surface area contributed by atoms with Gasteiger partial charge in [0.1, 0.15) is 5.82 Å². The van der Waals surface area contributed by atoms with E-state index in [1.807, 2.05) is 0 Å².